The predicted octanol–water partition coefficient (Wildman–Crippen LogP) is 1.56. The van der Waals surface area contributed by atoms with Crippen LogP contribution in [0.1, 0.15) is 22.2 Å². The van der Waals surface area contributed by atoms with E-state index in [1.165, 1.54) is 16.2 Å². The second-order valence-corrected chi connectivity index (χ2v) is 8.01. The standard InChI is InChI=1S/C20H28N4O2S/c1-15(25)24(11-10-22(2)3)14-16-13-17(8-9-18(16)23(4)5)21-20(26)19-7-6-12-27-19/h6-9,12-13H,10-11,14H2,1-5H3,(H,21,26)/p+1. The van der Waals surface area contributed by atoms with E-state index in [1.54, 1.807) is 13.0 Å². The van der Waals surface area contributed by atoms with E-state index in [9.17, 15) is 9.59 Å². The number of benzene rings is 1. The Balaban J connectivity index is 2.23. The van der Waals surface area contributed by atoms with Gasteiger partial charge < -0.3 is 20.0 Å². The summed E-state index contributed by atoms with van der Waals surface area (Å²) in [6, 6.07) is 9.49. The van der Waals surface area contributed by atoms with E-state index < -0.39 is 0 Å². The van der Waals surface area contributed by atoms with Gasteiger partial charge in [0.2, 0.25) is 5.91 Å². The van der Waals surface area contributed by atoms with E-state index in [4.69, 9.17) is 0 Å². The fourth-order valence-electron chi connectivity index (χ4n) is 2.74. The minimum absolute atomic E-state index is 0.0500. The molecule has 0 unspecified atom stereocenters. The second-order valence-electron chi connectivity index (χ2n) is 7.07. The van der Waals surface area contributed by atoms with Crippen LogP contribution in [0.3, 0.4) is 0 Å². The molecular formula is C20H29N4O2S+. The first-order chi connectivity index (χ1) is 12.8. The third-order valence-corrected chi connectivity index (χ3v) is 5.12. The Morgan fingerprint density at radius 1 is 1.19 bits per heavy atom. The molecule has 146 valence electrons. The predicted molar refractivity (Wildman–Crippen MR) is 112 cm³/mol. The molecule has 0 radical (unpaired) electrons. The summed E-state index contributed by atoms with van der Waals surface area (Å²) in [6.45, 7) is 3.68. The monoisotopic (exact) mass is 389 g/mol. The number of anilines is 2. The van der Waals surface area contributed by atoms with Gasteiger partial charge in [-0.05, 0) is 35.2 Å². The Bertz CT molecular complexity index is 772. The molecule has 2 N–H and O–H groups in total. The quantitative estimate of drug-likeness (QED) is 0.720. The van der Waals surface area contributed by atoms with Gasteiger partial charge in [0.1, 0.15) is 0 Å². The van der Waals surface area contributed by atoms with Gasteiger partial charge in [0.05, 0.1) is 32.1 Å². The van der Waals surface area contributed by atoms with Gasteiger partial charge in [0.25, 0.3) is 5.91 Å². The van der Waals surface area contributed by atoms with Gasteiger partial charge in [0.15, 0.2) is 0 Å². The number of quaternary nitrogens is 1. The van der Waals surface area contributed by atoms with Crippen molar-refractivity contribution in [1.29, 1.82) is 0 Å². The Labute approximate surface area is 165 Å². The Hall–Kier alpha value is -2.38. The molecule has 0 saturated carbocycles. The first-order valence-corrected chi connectivity index (χ1v) is 9.85. The van der Waals surface area contributed by atoms with Crippen molar-refractivity contribution in [1.82, 2.24) is 4.90 Å². The van der Waals surface area contributed by atoms with Gasteiger partial charge in [-0.1, -0.05) is 6.07 Å². The van der Waals surface area contributed by atoms with Crippen molar-refractivity contribution in [2.24, 2.45) is 0 Å². The number of hydrogen-bond donors (Lipinski definition) is 2. The molecule has 27 heavy (non-hydrogen) atoms. The first-order valence-electron chi connectivity index (χ1n) is 8.97. The largest absolute Gasteiger partial charge is 0.377 e. The molecular weight excluding hydrogens is 360 g/mol. The van der Waals surface area contributed by atoms with Gasteiger partial charge >= 0.3 is 0 Å². The zero-order valence-electron chi connectivity index (χ0n) is 16.7. The lowest BCUT2D eigenvalue weighted by Gasteiger charge is -2.25. The van der Waals surface area contributed by atoms with Crippen LogP contribution < -0.4 is 15.1 Å². The summed E-state index contributed by atoms with van der Waals surface area (Å²) in [5, 5.41) is 4.83. The Kier molecular flexibility index (Phi) is 7.38. The fourth-order valence-corrected chi connectivity index (χ4v) is 3.36. The SMILES string of the molecule is CC(=O)N(CC[NH+](C)C)Cc1cc(NC(=O)c2cccs2)ccc1N(C)C. The second kappa shape index (κ2) is 9.53. The summed E-state index contributed by atoms with van der Waals surface area (Å²) in [4.78, 5) is 30.3. The molecule has 0 fully saturated rings. The van der Waals surface area contributed by atoms with Crippen molar-refractivity contribution in [2.45, 2.75) is 13.5 Å². The Morgan fingerprint density at radius 2 is 1.93 bits per heavy atom. The van der Waals surface area contributed by atoms with Crippen molar-refractivity contribution >= 4 is 34.5 Å². The van der Waals surface area contributed by atoms with Crippen molar-refractivity contribution in [3.05, 3.63) is 46.2 Å². The van der Waals surface area contributed by atoms with E-state index >= 15 is 0 Å². The van der Waals surface area contributed by atoms with Crippen molar-refractivity contribution in [2.75, 3.05) is 51.5 Å². The number of thiophene rings is 1. The summed E-state index contributed by atoms with van der Waals surface area (Å²) in [5.74, 6) is -0.0674. The number of amides is 2. The highest BCUT2D eigenvalue weighted by molar-refractivity contribution is 7.12. The molecule has 1 heterocycles. The van der Waals surface area contributed by atoms with Gasteiger partial charge in [0, 0.05) is 38.9 Å². The molecule has 0 aliphatic rings. The average molecular weight is 390 g/mol. The van der Waals surface area contributed by atoms with E-state index in [2.05, 4.69) is 19.4 Å². The summed E-state index contributed by atoms with van der Waals surface area (Å²) in [5.41, 5.74) is 2.77. The number of nitrogens with zero attached hydrogens (tertiary/aromatic N) is 2. The van der Waals surface area contributed by atoms with Gasteiger partial charge in [-0.2, -0.15) is 0 Å². The Morgan fingerprint density at radius 3 is 2.48 bits per heavy atom. The van der Waals surface area contributed by atoms with E-state index in [1.807, 2.05) is 53.5 Å². The molecule has 1 aromatic carbocycles. The van der Waals surface area contributed by atoms with Crippen molar-refractivity contribution < 1.29 is 14.5 Å². The number of rotatable bonds is 8. The van der Waals surface area contributed by atoms with Crippen LogP contribution in [0.25, 0.3) is 0 Å². The number of hydrogen-bond acceptors (Lipinski definition) is 4. The molecule has 0 aliphatic carbocycles. The molecule has 0 bridgehead atoms. The van der Waals surface area contributed by atoms with E-state index in [0.717, 1.165) is 23.5 Å². The zero-order valence-corrected chi connectivity index (χ0v) is 17.5. The normalized spacial score (nSPS) is 10.7. The molecule has 2 amide bonds. The minimum atomic E-state index is -0.117. The minimum Gasteiger partial charge on any atom is -0.377 e. The first kappa shape index (κ1) is 20.9. The van der Waals surface area contributed by atoms with Crippen LogP contribution in [-0.2, 0) is 11.3 Å². The lowest BCUT2D eigenvalue weighted by atomic mass is 10.1. The van der Waals surface area contributed by atoms with Crippen LogP contribution in [0.5, 0.6) is 0 Å². The van der Waals surface area contributed by atoms with Crippen LogP contribution in [0, 0.1) is 0 Å². The molecule has 0 atom stereocenters. The molecule has 1 aromatic heterocycles. The van der Waals surface area contributed by atoms with Gasteiger partial charge in [-0.15, -0.1) is 11.3 Å². The fraction of sp³-hybridized carbons (Fsp3) is 0.400. The van der Waals surface area contributed by atoms with Crippen LogP contribution >= 0.6 is 11.3 Å². The summed E-state index contributed by atoms with van der Waals surface area (Å²) >= 11 is 1.41. The van der Waals surface area contributed by atoms with Crippen LogP contribution in [0.15, 0.2) is 35.7 Å². The maximum absolute atomic E-state index is 12.3. The third kappa shape index (κ3) is 6.08. The molecule has 0 saturated heterocycles. The number of carbonyl (C=O) groups is 2. The van der Waals surface area contributed by atoms with Crippen LogP contribution in [-0.4, -0.2) is 58.0 Å². The zero-order chi connectivity index (χ0) is 20.0. The summed E-state index contributed by atoms with van der Waals surface area (Å²) < 4.78 is 0. The summed E-state index contributed by atoms with van der Waals surface area (Å²) in [7, 11) is 8.10. The highest BCUT2D eigenvalue weighted by Gasteiger charge is 2.16. The topological polar surface area (TPSA) is 57.1 Å². The molecule has 2 rings (SSSR count). The summed E-state index contributed by atoms with van der Waals surface area (Å²) in [6.07, 6.45) is 0. The molecule has 0 spiro atoms. The van der Waals surface area contributed by atoms with Crippen LogP contribution in [0.2, 0.25) is 0 Å². The smallest absolute Gasteiger partial charge is 0.265 e. The maximum atomic E-state index is 12.3. The number of likely N-dealkylation sites (N-methyl/N-ethyl adjacent to an activating group) is 1. The third-order valence-electron chi connectivity index (χ3n) is 4.25. The van der Waals surface area contributed by atoms with Crippen LogP contribution in [0.4, 0.5) is 11.4 Å². The van der Waals surface area contributed by atoms with E-state index in [-0.39, 0.29) is 11.8 Å². The molecule has 7 heteroatoms. The maximum Gasteiger partial charge on any atom is 0.265 e. The molecule has 0 aliphatic heterocycles. The van der Waals surface area contributed by atoms with Crippen molar-refractivity contribution in [3.8, 4) is 0 Å². The highest BCUT2D eigenvalue weighted by atomic mass is 32.1. The lowest BCUT2D eigenvalue weighted by molar-refractivity contribution is -0.857. The van der Waals surface area contributed by atoms with Gasteiger partial charge in [-0.3, -0.25) is 9.59 Å². The number of carbonyl (C=O) groups excluding carboxylic acids is 2. The van der Waals surface area contributed by atoms with Gasteiger partial charge in [-0.25, -0.2) is 0 Å². The number of nitrogens with one attached hydrogen (secondary N) is 2. The highest BCUT2D eigenvalue weighted by Crippen LogP contribution is 2.25. The van der Waals surface area contributed by atoms with Crippen molar-refractivity contribution in [3.63, 3.8) is 0 Å². The van der Waals surface area contributed by atoms with E-state index in [0.29, 0.717) is 18.0 Å². The molecule has 2 aromatic rings. The average Bonchev–Trinajstić information content (AvgIpc) is 3.12. The molecule has 6 nitrogen and oxygen atoms in total. The lowest BCUT2D eigenvalue weighted by Crippen LogP contribution is -3.06.